The second kappa shape index (κ2) is 8.71. The largest absolute Gasteiger partial charge is 0.481 e. The van der Waals surface area contributed by atoms with E-state index >= 15 is 0 Å². The van der Waals surface area contributed by atoms with Crippen molar-refractivity contribution in [1.82, 2.24) is 10.6 Å². The van der Waals surface area contributed by atoms with Crippen molar-refractivity contribution >= 4 is 27.8 Å². The fourth-order valence-corrected chi connectivity index (χ4v) is 7.92. The minimum Gasteiger partial charge on any atom is -0.481 e. The Morgan fingerprint density at radius 1 is 1.12 bits per heavy atom. The van der Waals surface area contributed by atoms with Crippen molar-refractivity contribution in [1.29, 1.82) is 0 Å². The average Bonchev–Trinajstić information content (AvgIpc) is 3.31. The zero-order valence-corrected chi connectivity index (χ0v) is 19.9. The molecule has 3 saturated carbocycles. The van der Waals surface area contributed by atoms with E-state index in [1.54, 1.807) is 12.1 Å². The molecule has 1 spiro atoms. The number of piperidine rings is 1. The summed E-state index contributed by atoms with van der Waals surface area (Å²) < 4.78 is 14.8. The van der Waals surface area contributed by atoms with Crippen molar-refractivity contribution in [3.8, 4) is 0 Å². The second-order valence-electron chi connectivity index (χ2n) is 10.4. The van der Waals surface area contributed by atoms with E-state index in [-0.39, 0.29) is 35.5 Å². The maximum atomic E-state index is 14.2. The number of aliphatic carboxylic acids is 1. The van der Waals surface area contributed by atoms with Crippen LogP contribution in [0.25, 0.3) is 0 Å². The summed E-state index contributed by atoms with van der Waals surface area (Å²) in [5.74, 6) is -0.905. The third-order valence-corrected chi connectivity index (χ3v) is 9.55. The molecule has 4 fully saturated rings. The van der Waals surface area contributed by atoms with Crippen molar-refractivity contribution in [3.63, 3.8) is 0 Å². The first-order valence-corrected chi connectivity index (χ1v) is 12.9. The highest BCUT2D eigenvalue weighted by atomic mass is 79.9. The predicted molar refractivity (Wildman–Crippen MR) is 122 cm³/mol. The molecule has 1 aliphatic heterocycles. The van der Waals surface area contributed by atoms with Crippen LogP contribution in [0.4, 0.5) is 4.39 Å². The Morgan fingerprint density at radius 2 is 1.84 bits per heavy atom. The van der Waals surface area contributed by atoms with Crippen LogP contribution in [0.3, 0.4) is 0 Å². The molecule has 5 nitrogen and oxygen atoms in total. The smallest absolute Gasteiger partial charge is 0.307 e. The van der Waals surface area contributed by atoms with Gasteiger partial charge in [0, 0.05) is 16.6 Å². The number of carbonyl (C=O) groups is 2. The van der Waals surface area contributed by atoms with Gasteiger partial charge < -0.3 is 15.7 Å². The van der Waals surface area contributed by atoms with Crippen molar-refractivity contribution < 1.29 is 19.1 Å². The number of carboxylic acids is 1. The van der Waals surface area contributed by atoms with Gasteiger partial charge in [-0.2, -0.15) is 0 Å². The Bertz CT molecular complexity index is 905. The van der Waals surface area contributed by atoms with Crippen LogP contribution in [0.2, 0.25) is 0 Å². The molecule has 3 N–H and O–H groups in total. The molecular weight excluding hydrogens is 475 g/mol. The number of carbonyl (C=O) groups excluding carboxylic acids is 1. The van der Waals surface area contributed by atoms with Gasteiger partial charge in [0.2, 0.25) is 5.91 Å². The van der Waals surface area contributed by atoms with Crippen molar-refractivity contribution in [2.45, 2.75) is 51.5 Å². The lowest BCUT2D eigenvalue weighted by atomic mass is 9.78. The van der Waals surface area contributed by atoms with Gasteiger partial charge in [0.15, 0.2) is 0 Å². The Kier molecular flexibility index (Phi) is 6.08. The minimum atomic E-state index is -0.837. The molecule has 174 valence electrons. The lowest BCUT2D eigenvalue weighted by Crippen LogP contribution is -2.41. The van der Waals surface area contributed by atoms with E-state index in [4.69, 9.17) is 0 Å². The van der Waals surface area contributed by atoms with Gasteiger partial charge in [-0.15, -0.1) is 0 Å². The molecule has 1 saturated heterocycles. The van der Waals surface area contributed by atoms with Gasteiger partial charge in [0.1, 0.15) is 5.82 Å². The van der Waals surface area contributed by atoms with E-state index in [1.165, 1.54) is 31.7 Å². The summed E-state index contributed by atoms with van der Waals surface area (Å²) in [6, 6.07) is 4.77. The van der Waals surface area contributed by atoms with E-state index in [9.17, 15) is 19.1 Å². The number of carboxylic acid groups (broad SMARTS) is 1. The zero-order chi connectivity index (χ0) is 22.5. The van der Waals surface area contributed by atoms with Crippen molar-refractivity contribution in [2.75, 3.05) is 13.1 Å². The van der Waals surface area contributed by atoms with Crippen molar-refractivity contribution in [3.05, 3.63) is 34.1 Å². The summed E-state index contributed by atoms with van der Waals surface area (Å²) in [6.45, 7) is 2.30. The molecule has 3 aliphatic carbocycles. The molecule has 6 atom stereocenters. The average molecular weight is 507 g/mol. The van der Waals surface area contributed by atoms with Gasteiger partial charge in [0.25, 0.3) is 0 Å². The fourth-order valence-electron chi connectivity index (χ4n) is 7.59. The summed E-state index contributed by atoms with van der Waals surface area (Å²) >= 11 is 3.24. The van der Waals surface area contributed by atoms with Gasteiger partial charge >= 0.3 is 5.97 Å². The lowest BCUT2D eigenvalue weighted by molar-refractivity contribution is -0.149. The van der Waals surface area contributed by atoms with Gasteiger partial charge in [-0.25, -0.2) is 4.39 Å². The maximum absolute atomic E-state index is 14.2. The third kappa shape index (κ3) is 3.79. The number of hydrogen-bond donors (Lipinski definition) is 3. The van der Waals surface area contributed by atoms with Crippen molar-refractivity contribution in [2.24, 2.45) is 40.9 Å². The van der Waals surface area contributed by atoms with E-state index in [0.29, 0.717) is 16.0 Å². The molecule has 2 bridgehead atoms. The first-order chi connectivity index (χ1) is 15.4. The van der Waals surface area contributed by atoms with Crippen LogP contribution in [0, 0.1) is 46.7 Å². The van der Waals surface area contributed by atoms with Gasteiger partial charge in [-0.3, -0.25) is 9.59 Å². The first kappa shape index (κ1) is 22.3. The standard InChI is InChI=1S/C25H32BrFN2O3/c26-17-4-2-15(20(27)11-17)13-29-23(30)21-18-5-6-19(22(21)24(31)32)25(18)12-16(25)3-1-14-7-9-28-10-8-14/h2,4,11,14,16,18-19,21-22,28H,1,3,5-10,12-13H2,(H,29,30)(H,31,32)/t16?,18-,19+,21+,22+,25?/m0/s1. The quantitative estimate of drug-likeness (QED) is 0.513. The molecule has 32 heavy (non-hydrogen) atoms. The van der Waals surface area contributed by atoms with E-state index < -0.39 is 17.8 Å². The number of hydrogen-bond acceptors (Lipinski definition) is 3. The number of halogens is 2. The topological polar surface area (TPSA) is 78.4 Å². The summed E-state index contributed by atoms with van der Waals surface area (Å²) in [6.07, 6.45) is 7.83. The van der Waals surface area contributed by atoms with Crippen LogP contribution in [-0.4, -0.2) is 30.1 Å². The van der Waals surface area contributed by atoms with Crippen LogP contribution >= 0.6 is 15.9 Å². The first-order valence-electron chi connectivity index (χ1n) is 12.1. The Hall–Kier alpha value is -1.47. The van der Waals surface area contributed by atoms with E-state index in [2.05, 4.69) is 26.6 Å². The van der Waals surface area contributed by atoms with Gasteiger partial charge in [0.05, 0.1) is 11.8 Å². The molecule has 0 radical (unpaired) electrons. The fraction of sp³-hybridized carbons (Fsp3) is 0.680. The highest BCUT2D eigenvalue weighted by Gasteiger charge is 2.75. The molecule has 0 aromatic heterocycles. The molecule has 1 heterocycles. The molecule has 4 aliphatic rings. The number of rotatable bonds is 7. The molecule has 2 unspecified atom stereocenters. The van der Waals surface area contributed by atoms with Crippen LogP contribution in [0.1, 0.15) is 50.5 Å². The predicted octanol–water partition coefficient (Wildman–Crippen LogP) is 4.35. The molecule has 1 aromatic carbocycles. The SMILES string of the molecule is O=C(O)[C@H]1[C@H](C(=O)NCc2ccc(Br)cc2F)[C@@H]2CC[C@H]1C21CC1CCC1CCNCC1. The number of benzene rings is 1. The van der Waals surface area contributed by atoms with Crippen LogP contribution in [0.15, 0.2) is 22.7 Å². The summed E-state index contributed by atoms with van der Waals surface area (Å²) in [7, 11) is 0. The maximum Gasteiger partial charge on any atom is 0.307 e. The molecule has 1 amide bonds. The highest BCUT2D eigenvalue weighted by Crippen LogP contribution is 2.78. The Labute approximate surface area is 197 Å². The van der Waals surface area contributed by atoms with Crippen LogP contribution in [0.5, 0.6) is 0 Å². The summed E-state index contributed by atoms with van der Waals surface area (Å²) in [5, 5.41) is 16.3. The Balaban J connectivity index is 1.26. The van der Waals surface area contributed by atoms with Crippen LogP contribution < -0.4 is 10.6 Å². The monoisotopic (exact) mass is 506 g/mol. The minimum absolute atomic E-state index is 0.0564. The Morgan fingerprint density at radius 3 is 2.53 bits per heavy atom. The lowest BCUT2D eigenvalue weighted by Gasteiger charge is -2.27. The van der Waals surface area contributed by atoms with Gasteiger partial charge in [-0.05, 0) is 92.8 Å². The number of amides is 1. The van der Waals surface area contributed by atoms with Crippen LogP contribution in [-0.2, 0) is 16.1 Å². The second-order valence-corrected chi connectivity index (χ2v) is 11.3. The molecule has 7 heteroatoms. The highest BCUT2D eigenvalue weighted by molar-refractivity contribution is 9.10. The third-order valence-electron chi connectivity index (χ3n) is 9.06. The molecule has 5 rings (SSSR count). The summed E-state index contributed by atoms with van der Waals surface area (Å²) in [5.41, 5.74) is 0.471. The van der Waals surface area contributed by atoms with E-state index in [1.807, 2.05) is 0 Å². The zero-order valence-electron chi connectivity index (χ0n) is 18.3. The van der Waals surface area contributed by atoms with E-state index in [0.717, 1.165) is 38.3 Å². The van der Waals surface area contributed by atoms with Gasteiger partial charge in [-0.1, -0.05) is 28.4 Å². The summed E-state index contributed by atoms with van der Waals surface area (Å²) in [4.78, 5) is 25.5. The normalized spacial score (nSPS) is 35.9. The number of nitrogens with one attached hydrogen (secondary N) is 2. The molecule has 1 aromatic rings. The molecular formula is C25H32BrFN2O3.